The molecule has 0 saturated heterocycles. The number of hydrogen-bond donors (Lipinski definition) is 1. The van der Waals surface area contributed by atoms with E-state index in [0.29, 0.717) is 6.61 Å². The molecule has 0 heterocycles. The molecule has 1 aromatic carbocycles. The van der Waals surface area contributed by atoms with Gasteiger partial charge in [-0.05, 0) is 49.9 Å². The van der Waals surface area contributed by atoms with Gasteiger partial charge in [-0.1, -0.05) is 22.0 Å². The molecule has 106 valence electrons. The van der Waals surface area contributed by atoms with Gasteiger partial charge in [0.25, 0.3) is 0 Å². The van der Waals surface area contributed by atoms with Gasteiger partial charge in [0.15, 0.2) is 0 Å². The van der Waals surface area contributed by atoms with Crippen molar-refractivity contribution in [2.75, 3.05) is 32.9 Å². The minimum absolute atomic E-state index is 0.694. The molecule has 0 radical (unpaired) electrons. The smallest absolute Gasteiger partial charge is 0.120 e. The quantitative estimate of drug-likeness (QED) is 0.669. The summed E-state index contributed by atoms with van der Waals surface area (Å²) in [6.45, 7) is 4.39. The van der Waals surface area contributed by atoms with E-state index in [-0.39, 0.29) is 0 Å². The maximum Gasteiger partial charge on any atom is 0.120 e. The van der Waals surface area contributed by atoms with Crippen molar-refractivity contribution in [1.82, 2.24) is 5.32 Å². The predicted octanol–water partition coefficient (Wildman–Crippen LogP) is 3.23. The van der Waals surface area contributed by atoms with Crippen LogP contribution in [0, 0.1) is 5.92 Å². The molecule has 0 spiro atoms. The lowest BCUT2D eigenvalue weighted by Gasteiger charge is -2.08. The van der Waals surface area contributed by atoms with E-state index in [1.54, 1.807) is 0 Å². The van der Waals surface area contributed by atoms with Gasteiger partial charge in [0.05, 0.1) is 0 Å². The molecule has 0 amide bonds. The lowest BCUT2D eigenvalue weighted by Crippen LogP contribution is -2.23. The largest absolute Gasteiger partial charge is 0.492 e. The van der Waals surface area contributed by atoms with Crippen molar-refractivity contribution in [3.05, 3.63) is 28.7 Å². The Balaban J connectivity index is 1.39. The van der Waals surface area contributed by atoms with E-state index in [1.165, 1.54) is 12.8 Å². The van der Waals surface area contributed by atoms with Crippen LogP contribution in [0.3, 0.4) is 0 Å². The minimum Gasteiger partial charge on any atom is -0.492 e. The Kier molecular flexibility index (Phi) is 6.68. The fraction of sp³-hybridized carbons (Fsp3) is 0.600. The van der Waals surface area contributed by atoms with Crippen LogP contribution < -0.4 is 10.1 Å². The first-order valence-corrected chi connectivity index (χ1v) is 7.81. The summed E-state index contributed by atoms with van der Waals surface area (Å²) in [5, 5.41) is 3.36. The molecule has 0 aliphatic heterocycles. The van der Waals surface area contributed by atoms with E-state index in [4.69, 9.17) is 9.47 Å². The highest BCUT2D eigenvalue weighted by Crippen LogP contribution is 2.28. The predicted molar refractivity (Wildman–Crippen MR) is 80.7 cm³/mol. The average molecular weight is 328 g/mol. The zero-order valence-electron chi connectivity index (χ0n) is 11.2. The van der Waals surface area contributed by atoms with Gasteiger partial charge < -0.3 is 14.8 Å². The van der Waals surface area contributed by atoms with Crippen LogP contribution in [-0.2, 0) is 4.74 Å². The first-order valence-electron chi connectivity index (χ1n) is 7.01. The summed E-state index contributed by atoms with van der Waals surface area (Å²) >= 11 is 3.43. The second kappa shape index (κ2) is 8.56. The molecule has 0 atom stereocenters. The highest BCUT2D eigenvalue weighted by atomic mass is 79.9. The van der Waals surface area contributed by atoms with E-state index < -0.39 is 0 Å². The summed E-state index contributed by atoms with van der Waals surface area (Å²) in [4.78, 5) is 0. The summed E-state index contributed by atoms with van der Waals surface area (Å²) in [7, 11) is 0. The Morgan fingerprint density at radius 1 is 1.21 bits per heavy atom. The molecule has 1 aromatic rings. The molecule has 3 nitrogen and oxygen atoms in total. The Labute approximate surface area is 123 Å². The number of hydrogen-bond acceptors (Lipinski definition) is 3. The molecular weight excluding hydrogens is 306 g/mol. The van der Waals surface area contributed by atoms with Gasteiger partial charge in [0.1, 0.15) is 12.4 Å². The lowest BCUT2D eigenvalue weighted by atomic mass is 10.3. The van der Waals surface area contributed by atoms with Crippen LogP contribution in [0.2, 0.25) is 0 Å². The van der Waals surface area contributed by atoms with Gasteiger partial charge in [-0.3, -0.25) is 0 Å². The maximum atomic E-state index is 5.63. The summed E-state index contributed by atoms with van der Waals surface area (Å²) in [5.74, 6) is 1.77. The average Bonchev–Trinajstić information content (AvgIpc) is 3.21. The van der Waals surface area contributed by atoms with Crippen LogP contribution in [0.25, 0.3) is 0 Å². The van der Waals surface area contributed by atoms with Crippen LogP contribution in [0.4, 0.5) is 0 Å². The minimum atomic E-state index is 0.694. The molecule has 1 aliphatic carbocycles. The Bertz CT molecular complexity index is 369. The number of rotatable bonds is 10. The van der Waals surface area contributed by atoms with Crippen molar-refractivity contribution in [2.24, 2.45) is 5.92 Å². The normalized spacial score (nSPS) is 14.6. The van der Waals surface area contributed by atoms with Gasteiger partial charge >= 0.3 is 0 Å². The van der Waals surface area contributed by atoms with Gasteiger partial charge in [-0.25, -0.2) is 0 Å². The van der Waals surface area contributed by atoms with E-state index in [2.05, 4.69) is 21.2 Å². The summed E-state index contributed by atoms with van der Waals surface area (Å²) < 4.78 is 12.2. The van der Waals surface area contributed by atoms with E-state index in [0.717, 1.165) is 48.9 Å². The summed E-state index contributed by atoms with van der Waals surface area (Å²) in [6, 6.07) is 7.92. The topological polar surface area (TPSA) is 30.5 Å². The molecule has 2 rings (SSSR count). The molecule has 0 unspecified atom stereocenters. The Hall–Kier alpha value is -0.580. The molecule has 0 bridgehead atoms. The van der Waals surface area contributed by atoms with Crippen molar-refractivity contribution < 1.29 is 9.47 Å². The maximum absolute atomic E-state index is 5.63. The molecule has 0 aromatic heterocycles. The van der Waals surface area contributed by atoms with Gasteiger partial charge in [-0.15, -0.1) is 0 Å². The third-order valence-electron chi connectivity index (χ3n) is 3.04. The Morgan fingerprint density at radius 2 is 2.11 bits per heavy atom. The second-order valence-electron chi connectivity index (χ2n) is 4.93. The van der Waals surface area contributed by atoms with Crippen LogP contribution in [-0.4, -0.2) is 32.9 Å². The number of halogens is 1. The SMILES string of the molecule is Brc1cccc(OCCNCCCOCC2CC2)c1. The standard InChI is InChI=1S/C15H22BrNO2/c16-14-3-1-4-15(11-14)19-10-8-17-7-2-9-18-12-13-5-6-13/h1,3-4,11,13,17H,2,5-10,12H2. The fourth-order valence-corrected chi connectivity index (χ4v) is 2.13. The summed E-state index contributed by atoms with van der Waals surface area (Å²) in [6.07, 6.45) is 3.81. The third-order valence-corrected chi connectivity index (χ3v) is 3.53. The van der Waals surface area contributed by atoms with Crippen molar-refractivity contribution in [3.63, 3.8) is 0 Å². The molecular formula is C15H22BrNO2. The van der Waals surface area contributed by atoms with Crippen molar-refractivity contribution >= 4 is 15.9 Å². The van der Waals surface area contributed by atoms with Crippen LogP contribution in [0.5, 0.6) is 5.75 Å². The van der Waals surface area contributed by atoms with E-state index >= 15 is 0 Å². The first kappa shape index (κ1) is 14.8. The van der Waals surface area contributed by atoms with E-state index in [9.17, 15) is 0 Å². The Morgan fingerprint density at radius 3 is 2.89 bits per heavy atom. The van der Waals surface area contributed by atoms with Crippen LogP contribution in [0.15, 0.2) is 28.7 Å². The van der Waals surface area contributed by atoms with Crippen LogP contribution in [0.1, 0.15) is 19.3 Å². The van der Waals surface area contributed by atoms with Crippen molar-refractivity contribution in [3.8, 4) is 5.75 Å². The monoisotopic (exact) mass is 327 g/mol. The van der Waals surface area contributed by atoms with Gasteiger partial charge in [-0.2, -0.15) is 0 Å². The zero-order chi connectivity index (χ0) is 13.3. The highest BCUT2D eigenvalue weighted by molar-refractivity contribution is 9.10. The molecule has 1 N–H and O–H groups in total. The number of ether oxygens (including phenoxy) is 2. The molecule has 1 aliphatic rings. The summed E-state index contributed by atoms with van der Waals surface area (Å²) in [5.41, 5.74) is 0. The fourth-order valence-electron chi connectivity index (χ4n) is 1.76. The highest BCUT2D eigenvalue weighted by Gasteiger charge is 2.20. The van der Waals surface area contributed by atoms with E-state index in [1.807, 2.05) is 24.3 Å². The molecule has 4 heteroatoms. The van der Waals surface area contributed by atoms with Crippen LogP contribution >= 0.6 is 15.9 Å². The second-order valence-corrected chi connectivity index (χ2v) is 5.84. The zero-order valence-corrected chi connectivity index (χ0v) is 12.8. The third kappa shape index (κ3) is 6.95. The van der Waals surface area contributed by atoms with Gasteiger partial charge in [0.2, 0.25) is 0 Å². The number of benzene rings is 1. The first-order chi connectivity index (χ1) is 9.34. The van der Waals surface area contributed by atoms with Crippen molar-refractivity contribution in [2.45, 2.75) is 19.3 Å². The van der Waals surface area contributed by atoms with Gasteiger partial charge in [0, 0.05) is 24.2 Å². The van der Waals surface area contributed by atoms with Crippen molar-refractivity contribution in [1.29, 1.82) is 0 Å². The number of nitrogens with one attached hydrogen (secondary N) is 1. The molecule has 1 saturated carbocycles. The molecule has 1 fully saturated rings. The lowest BCUT2D eigenvalue weighted by molar-refractivity contribution is 0.122. The molecule has 19 heavy (non-hydrogen) atoms.